The molecule has 3 heterocycles. The normalized spacial score (nSPS) is 57.6. The number of hydrogen-bond donors (Lipinski definition) is 0. The van der Waals surface area contributed by atoms with Crippen molar-refractivity contribution in [2.75, 3.05) is 13.1 Å². The molecule has 2 atom stereocenters. The molecule has 1 heteroatoms. The Kier molecular flexibility index (Phi) is 0.984. The van der Waals surface area contributed by atoms with E-state index in [1.807, 2.05) is 0 Å². The fraction of sp³-hybridized carbons (Fsp3) is 0.889. The Morgan fingerprint density at radius 2 is 1.70 bits per heavy atom. The van der Waals surface area contributed by atoms with E-state index in [9.17, 15) is 0 Å². The molecule has 1 nitrogen and oxygen atoms in total. The summed E-state index contributed by atoms with van der Waals surface area (Å²) in [4.78, 5) is 2.44. The minimum absolute atomic E-state index is 0.853. The Morgan fingerprint density at radius 1 is 1.00 bits per heavy atom. The van der Waals surface area contributed by atoms with Crippen LogP contribution in [0.15, 0.2) is 0 Å². The van der Waals surface area contributed by atoms with Crippen LogP contribution < -0.4 is 0 Å². The molecule has 4 fully saturated rings. The number of hydrogen-bond acceptors (Lipinski definition) is 1. The number of nitrogens with zero attached hydrogens (tertiary/aromatic N) is 1. The predicted molar refractivity (Wildman–Crippen MR) is 39.1 cm³/mol. The van der Waals surface area contributed by atoms with Crippen LogP contribution in [0, 0.1) is 24.3 Å². The molecular formula is C9H13N. The van der Waals surface area contributed by atoms with Crippen molar-refractivity contribution in [1.82, 2.24) is 4.90 Å². The predicted octanol–water partition coefficient (Wildman–Crippen LogP) is 1.39. The van der Waals surface area contributed by atoms with E-state index in [1.165, 1.54) is 32.4 Å². The van der Waals surface area contributed by atoms with Crippen molar-refractivity contribution >= 4 is 0 Å². The lowest BCUT2D eigenvalue weighted by molar-refractivity contribution is 0.0168. The standard InChI is InChI=1S/C9H13N/c1-7-2-9-3-8(1)5-10(4-7)6-9/h7-9H,1-5H2. The lowest BCUT2D eigenvalue weighted by Gasteiger charge is -2.50. The molecule has 0 N–H and O–H groups in total. The van der Waals surface area contributed by atoms with Gasteiger partial charge >= 0.3 is 0 Å². The third-order valence-corrected chi connectivity index (χ3v) is 3.22. The summed E-state index contributed by atoms with van der Waals surface area (Å²) in [5.41, 5.74) is 0. The van der Waals surface area contributed by atoms with Crippen molar-refractivity contribution in [1.29, 1.82) is 0 Å². The summed E-state index contributed by atoms with van der Waals surface area (Å²) in [6.07, 6.45) is 4.43. The average molecular weight is 135 g/mol. The molecule has 4 aliphatic rings. The molecule has 54 valence electrons. The van der Waals surface area contributed by atoms with Crippen LogP contribution in [0.25, 0.3) is 0 Å². The van der Waals surface area contributed by atoms with E-state index in [4.69, 9.17) is 0 Å². The molecule has 0 spiro atoms. The minimum atomic E-state index is 0.853. The Hall–Kier alpha value is -0.0400. The van der Waals surface area contributed by atoms with Crippen molar-refractivity contribution in [2.45, 2.75) is 19.3 Å². The second-order valence-corrected chi connectivity index (χ2v) is 4.17. The molecule has 4 rings (SSSR count). The fourth-order valence-corrected chi connectivity index (χ4v) is 3.03. The van der Waals surface area contributed by atoms with E-state index in [-0.39, 0.29) is 0 Å². The van der Waals surface area contributed by atoms with Crippen LogP contribution in [0.1, 0.15) is 19.3 Å². The summed E-state index contributed by atoms with van der Waals surface area (Å²) < 4.78 is 0. The first kappa shape index (κ1) is 5.59. The molecule has 1 saturated carbocycles. The highest BCUT2D eigenvalue weighted by molar-refractivity contribution is 4.99. The molecule has 2 unspecified atom stereocenters. The van der Waals surface area contributed by atoms with Gasteiger partial charge in [0.1, 0.15) is 0 Å². The first-order valence-corrected chi connectivity index (χ1v) is 4.41. The SMILES string of the molecule is [C]1C2CC3CC(C2)CN1C3. The van der Waals surface area contributed by atoms with Gasteiger partial charge in [0.15, 0.2) is 0 Å². The monoisotopic (exact) mass is 135 g/mol. The van der Waals surface area contributed by atoms with Gasteiger partial charge in [0, 0.05) is 13.1 Å². The molecule has 3 saturated heterocycles. The van der Waals surface area contributed by atoms with Gasteiger partial charge in [0.2, 0.25) is 0 Å². The maximum absolute atomic E-state index is 3.55. The van der Waals surface area contributed by atoms with Crippen LogP contribution >= 0.6 is 0 Å². The Bertz CT molecular complexity index is 96.3. The third-order valence-electron chi connectivity index (χ3n) is 3.22. The van der Waals surface area contributed by atoms with Crippen LogP contribution in [-0.4, -0.2) is 18.0 Å². The van der Waals surface area contributed by atoms with Gasteiger partial charge in [-0.05, 0) is 37.0 Å². The zero-order valence-corrected chi connectivity index (χ0v) is 6.21. The lowest BCUT2D eigenvalue weighted by atomic mass is 9.68. The van der Waals surface area contributed by atoms with E-state index in [2.05, 4.69) is 11.4 Å². The molecule has 4 bridgehead atoms. The summed E-state index contributed by atoms with van der Waals surface area (Å²) in [5, 5.41) is 0. The number of piperidine rings is 3. The second-order valence-electron chi connectivity index (χ2n) is 4.17. The highest BCUT2D eigenvalue weighted by Gasteiger charge is 2.41. The van der Waals surface area contributed by atoms with Gasteiger partial charge in [-0.15, -0.1) is 0 Å². The maximum atomic E-state index is 3.55. The summed E-state index contributed by atoms with van der Waals surface area (Å²) in [5.74, 6) is 2.93. The van der Waals surface area contributed by atoms with Crippen molar-refractivity contribution in [3.8, 4) is 0 Å². The fourth-order valence-electron chi connectivity index (χ4n) is 3.03. The Balaban J connectivity index is 1.90. The highest BCUT2D eigenvalue weighted by atomic mass is 15.2. The second kappa shape index (κ2) is 1.76. The van der Waals surface area contributed by atoms with Crippen molar-refractivity contribution in [3.63, 3.8) is 0 Å². The highest BCUT2D eigenvalue weighted by Crippen LogP contribution is 2.44. The topological polar surface area (TPSA) is 3.24 Å². The van der Waals surface area contributed by atoms with Gasteiger partial charge in [-0.2, -0.15) is 0 Å². The quantitative estimate of drug-likeness (QED) is 0.485. The lowest BCUT2D eigenvalue weighted by Crippen LogP contribution is -2.50. The van der Waals surface area contributed by atoms with Gasteiger partial charge < -0.3 is 0 Å². The smallest absolute Gasteiger partial charge is 0.0650 e. The third kappa shape index (κ3) is 0.672. The van der Waals surface area contributed by atoms with Crippen molar-refractivity contribution in [2.24, 2.45) is 17.8 Å². The zero-order valence-electron chi connectivity index (χ0n) is 6.21. The summed E-state index contributed by atoms with van der Waals surface area (Å²) >= 11 is 0. The van der Waals surface area contributed by atoms with Gasteiger partial charge in [-0.1, -0.05) is 0 Å². The summed E-state index contributed by atoms with van der Waals surface area (Å²) in [6, 6.07) is 0. The van der Waals surface area contributed by atoms with Crippen LogP contribution in [0.3, 0.4) is 0 Å². The van der Waals surface area contributed by atoms with Crippen LogP contribution in [0.5, 0.6) is 0 Å². The molecule has 0 aromatic heterocycles. The summed E-state index contributed by atoms with van der Waals surface area (Å²) in [7, 11) is 0. The van der Waals surface area contributed by atoms with Crippen LogP contribution in [-0.2, 0) is 0 Å². The van der Waals surface area contributed by atoms with Crippen LogP contribution in [0.2, 0.25) is 0 Å². The molecular weight excluding hydrogens is 122 g/mol. The van der Waals surface area contributed by atoms with Crippen molar-refractivity contribution in [3.05, 3.63) is 6.54 Å². The minimum Gasteiger partial charge on any atom is -0.293 e. The van der Waals surface area contributed by atoms with Gasteiger partial charge in [0.25, 0.3) is 0 Å². The molecule has 0 amide bonds. The molecule has 0 aromatic rings. The average Bonchev–Trinajstić information content (AvgIpc) is 1.82. The van der Waals surface area contributed by atoms with E-state index in [1.54, 1.807) is 0 Å². The van der Waals surface area contributed by atoms with E-state index in [0.29, 0.717) is 0 Å². The van der Waals surface area contributed by atoms with Gasteiger partial charge in [-0.25, -0.2) is 0 Å². The molecule has 10 heavy (non-hydrogen) atoms. The van der Waals surface area contributed by atoms with E-state index >= 15 is 0 Å². The molecule has 1 aliphatic carbocycles. The Labute approximate surface area is 62.4 Å². The molecule has 3 aliphatic heterocycles. The van der Waals surface area contributed by atoms with E-state index < -0.39 is 0 Å². The first-order valence-electron chi connectivity index (χ1n) is 4.41. The van der Waals surface area contributed by atoms with E-state index in [0.717, 1.165) is 17.8 Å². The van der Waals surface area contributed by atoms with Crippen molar-refractivity contribution < 1.29 is 0 Å². The largest absolute Gasteiger partial charge is 0.293 e. The molecule has 0 aromatic carbocycles. The Morgan fingerprint density at radius 3 is 2.20 bits per heavy atom. The first-order chi connectivity index (χ1) is 4.90. The summed E-state index contributed by atoms with van der Waals surface area (Å²) in [6.45, 7) is 6.20. The number of rotatable bonds is 0. The maximum Gasteiger partial charge on any atom is 0.0650 e. The van der Waals surface area contributed by atoms with Gasteiger partial charge in [-0.3, -0.25) is 4.90 Å². The van der Waals surface area contributed by atoms with Gasteiger partial charge in [0.05, 0.1) is 6.54 Å². The zero-order chi connectivity index (χ0) is 6.55. The van der Waals surface area contributed by atoms with Crippen LogP contribution in [0.4, 0.5) is 0 Å². The molecule has 2 radical (unpaired) electrons.